The summed E-state index contributed by atoms with van der Waals surface area (Å²) in [6.45, 7) is 0.613. The van der Waals surface area contributed by atoms with Crippen molar-refractivity contribution >= 4 is 27.5 Å². The van der Waals surface area contributed by atoms with E-state index in [0.717, 1.165) is 22.6 Å². The fourth-order valence-electron chi connectivity index (χ4n) is 2.23. The van der Waals surface area contributed by atoms with E-state index in [2.05, 4.69) is 4.72 Å². The molecular formula is C15H15NO3S2. The lowest BCUT2D eigenvalue weighted by molar-refractivity contribution is 0.356. The van der Waals surface area contributed by atoms with Crippen LogP contribution in [-0.2, 0) is 16.4 Å². The molecule has 4 nitrogen and oxygen atoms in total. The Morgan fingerprint density at radius 1 is 1.19 bits per heavy atom. The SMILES string of the molecule is CSc1cccc(NS(=O)(=O)c2ccc3c(c2)CCO3)c1. The van der Waals surface area contributed by atoms with Gasteiger partial charge in [-0.2, -0.15) is 0 Å². The molecule has 0 atom stereocenters. The first kappa shape index (κ1) is 14.3. The molecule has 0 saturated carbocycles. The molecule has 1 N–H and O–H groups in total. The van der Waals surface area contributed by atoms with Gasteiger partial charge in [0.1, 0.15) is 5.75 Å². The number of sulfonamides is 1. The van der Waals surface area contributed by atoms with Crippen LogP contribution in [0.4, 0.5) is 5.69 Å². The molecule has 0 unspecified atom stereocenters. The Balaban J connectivity index is 1.89. The minimum absolute atomic E-state index is 0.265. The van der Waals surface area contributed by atoms with Gasteiger partial charge in [-0.25, -0.2) is 8.42 Å². The molecule has 2 aromatic carbocycles. The first-order valence-electron chi connectivity index (χ1n) is 6.51. The summed E-state index contributed by atoms with van der Waals surface area (Å²) in [6, 6.07) is 12.3. The lowest BCUT2D eigenvalue weighted by Crippen LogP contribution is -2.13. The van der Waals surface area contributed by atoms with Crippen molar-refractivity contribution < 1.29 is 13.2 Å². The van der Waals surface area contributed by atoms with Crippen LogP contribution in [0.2, 0.25) is 0 Å². The molecule has 0 saturated heterocycles. The molecule has 0 aliphatic carbocycles. The Morgan fingerprint density at radius 3 is 2.86 bits per heavy atom. The maximum absolute atomic E-state index is 12.4. The van der Waals surface area contributed by atoms with Gasteiger partial charge in [-0.3, -0.25) is 4.72 Å². The Labute approximate surface area is 128 Å². The number of anilines is 1. The van der Waals surface area contributed by atoms with Gasteiger partial charge in [0.2, 0.25) is 0 Å². The molecule has 3 rings (SSSR count). The number of nitrogens with one attached hydrogen (secondary N) is 1. The Bertz CT molecular complexity index is 772. The van der Waals surface area contributed by atoms with Gasteiger partial charge in [0.25, 0.3) is 10.0 Å². The summed E-state index contributed by atoms with van der Waals surface area (Å²) in [5.74, 6) is 0.776. The quantitative estimate of drug-likeness (QED) is 0.879. The molecule has 0 bridgehead atoms. The molecule has 6 heteroatoms. The Morgan fingerprint density at radius 2 is 2.05 bits per heavy atom. The van der Waals surface area contributed by atoms with Crippen LogP contribution in [0, 0.1) is 0 Å². The predicted octanol–water partition coefficient (Wildman–Crippen LogP) is 3.14. The third-order valence-electron chi connectivity index (χ3n) is 3.29. The predicted molar refractivity (Wildman–Crippen MR) is 84.7 cm³/mol. The first-order chi connectivity index (χ1) is 10.1. The van der Waals surface area contributed by atoms with Crippen LogP contribution in [0.1, 0.15) is 5.56 Å². The first-order valence-corrected chi connectivity index (χ1v) is 9.22. The smallest absolute Gasteiger partial charge is 0.261 e. The van der Waals surface area contributed by atoms with Crippen LogP contribution in [0.3, 0.4) is 0 Å². The maximum Gasteiger partial charge on any atom is 0.261 e. The van der Waals surface area contributed by atoms with Crippen LogP contribution in [0.25, 0.3) is 0 Å². The van der Waals surface area contributed by atoms with E-state index in [0.29, 0.717) is 12.3 Å². The van der Waals surface area contributed by atoms with Crippen LogP contribution in [0.15, 0.2) is 52.3 Å². The van der Waals surface area contributed by atoms with Gasteiger partial charge in [0.15, 0.2) is 0 Å². The summed E-state index contributed by atoms with van der Waals surface area (Å²) < 4.78 is 32.9. The van der Waals surface area contributed by atoms with Gasteiger partial charge in [-0.1, -0.05) is 6.07 Å². The van der Waals surface area contributed by atoms with Crippen molar-refractivity contribution in [2.45, 2.75) is 16.2 Å². The molecule has 110 valence electrons. The number of benzene rings is 2. The van der Waals surface area contributed by atoms with E-state index in [1.165, 1.54) is 0 Å². The van der Waals surface area contributed by atoms with E-state index < -0.39 is 10.0 Å². The zero-order valence-corrected chi connectivity index (χ0v) is 13.1. The molecule has 1 aliphatic heterocycles. The van der Waals surface area contributed by atoms with Crippen LogP contribution >= 0.6 is 11.8 Å². The lowest BCUT2D eigenvalue weighted by atomic mass is 10.2. The Hall–Kier alpha value is -1.66. The average molecular weight is 321 g/mol. The van der Waals surface area contributed by atoms with Crippen molar-refractivity contribution in [1.82, 2.24) is 0 Å². The highest BCUT2D eigenvalue weighted by Crippen LogP contribution is 2.28. The molecule has 0 spiro atoms. The summed E-state index contributed by atoms with van der Waals surface area (Å²) in [7, 11) is -3.57. The lowest BCUT2D eigenvalue weighted by Gasteiger charge is -2.10. The molecule has 0 radical (unpaired) electrons. The molecule has 1 aliphatic rings. The summed E-state index contributed by atoms with van der Waals surface area (Å²) in [5.41, 5.74) is 1.51. The average Bonchev–Trinajstić information content (AvgIpc) is 2.94. The normalized spacial score (nSPS) is 13.6. The number of ether oxygens (including phenoxy) is 1. The van der Waals surface area contributed by atoms with Crippen LogP contribution in [0.5, 0.6) is 5.75 Å². The van der Waals surface area contributed by atoms with E-state index in [9.17, 15) is 8.42 Å². The van der Waals surface area contributed by atoms with Gasteiger partial charge in [0.05, 0.1) is 11.5 Å². The largest absolute Gasteiger partial charge is 0.493 e. The highest BCUT2D eigenvalue weighted by Gasteiger charge is 2.19. The number of fused-ring (bicyclic) bond motifs is 1. The third-order valence-corrected chi connectivity index (χ3v) is 5.40. The number of hydrogen-bond acceptors (Lipinski definition) is 4. The van der Waals surface area contributed by atoms with Crippen molar-refractivity contribution in [3.05, 3.63) is 48.0 Å². The van der Waals surface area contributed by atoms with Crippen molar-refractivity contribution in [2.75, 3.05) is 17.6 Å². The molecule has 21 heavy (non-hydrogen) atoms. The fourth-order valence-corrected chi connectivity index (χ4v) is 3.79. The van der Waals surface area contributed by atoms with Gasteiger partial charge in [-0.05, 0) is 48.2 Å². The van der Waals surface area contributed by atoms with E-state index in [-0.39, 0.29) is 4.90 Å². The van der Waals surface area contributed by atoms with Gasteiger partial charge in [0, 0.05) is 17.0 Å². The van der Waals surface area contributed by atoms with E-state index in [1.54, 1.807) is 36.0 Å². The highest BCUT2D eigenvalue weighted by atomic mass is 32.2. The molecule has 0 amide bonds. The van der Waals surface area contributed by atoms with Gasteiger partial charge >= 0.3 is 0 Å². The van der Waals surface area contributed by atoms with Crippen molar-refractivity contribution in [2.24, 2.45) is 0 Å². The highest BCUT2D eigenvalue weighted by molar-refractivity contribution is 7.98. The monoisotopic (exact) mass is 321 g/mol. The topological polar surface area (TPSA) is 55.4 Å². The van der Waals surface area contributed by atoms with Crippen molar-refractivity contribution in [3.8, 4) is 5.75 Å². The molecular weight excluding hydrogens is 306 g/mol. The second-order valence-electron chi connectivity index (χ2n) is 4.71. The number of hydrogen-bond donors (Lipinski definition) is 1. The van der Waals surface area contributed by atoms with E-state index in [4.69, 9.17) is 4.74 Å². The molecule has 0 fully saturated rings. The minimum Gasteiger partial charge on any atom is -0.493 e. The maximum atomic E-state index is 12.4. The van der Waals surface area contributed by atoms with Crippen LogP contribution in [-0.4, -0.2) is 21.3 Å². The van der Waals surface area contributed by atoms with E-state index >= 15 is 0 Å². The van der Waals surface area contributed by atoms with Crippen molar-refractivity contribution in [1.29, 1.82) is 0 Å². The zero-order chi connectivity index (χ0) is 14.9. The van der Waals surface area contributed by atoms with Crippen LogP contribution < -0.4 is 9.46 Å². The standard InChI is InChI=1S/C15H15NO3S2/c1-20-13-4-2-3-12(10-13)16-21(17,18)14-5-6-15-11(9-14)7-8-19-15/h2-6,9-10,16H,7-8H2,1H3. The summed E-state index contributed by atoms with van der Waals surface area (Å²) in [5, 5.41) is 0. The zero-order valence-electron chi connectivity index (χ0n) is 11.5. The summed E-state index contributed by atoms with van der Waals surface area (Å²) in [4.78, 5) is 1.28. The second-order valence-corrected chi connectivity index (χ2v) is 7.27. The van der Waals surface area contributed by atoms with Crippen molar-refractivity contribution in [3.63, 3.8) is 0 Å². The van der Waals surface area contributed by atoms with Gasteiger partial charge in [-0.15, -0.1) is 11.8 Å². The Kier molecular flexibility index (Phi) is 3.82. The minimum atomic E-state index is -3.57. The molecule has 0 aromatic heterocycles. The third kappa shape index (κ3) is 3.01. The van der Waals surface area contributed by atoms with E-state index in [1.807, 2.05) is 24.5 Å². The molecule has 2 aromatic rings. The summed E-state index contributed by atoms with van der Waals surface area (Å²) in [6.07, 6.45) is 2.70. The second kappa shape index (κ2) is 5.61. The van der Waals surface area contributed by atoms with Gasteiger partial charge < -0.3 is 4.74 Å². The summed E-state index contributed by atoms with van der Waals surface area (Å²) >= 11 is 1.57. The molecule has 1 heterocycles. The fraction of sp³-hybridized carbons (Fsp3) is 0.200. The number of thioether (sulfide) groups is 1. The number of rotatable bonds is 4.